The number of H-pyrrole nitrogens is 1. The molecule has 1 fully saturated rings. The van der Waals surface area contributed by atoms with Gasteiger partial charge in [0.05, 0.1) is 6.04 Å². The number of hydrogen-bond acceptors (Lipinski definition) is 3. The Hall–Kier alpha value is -2.72. The van der Waals surface area contributed by atoms with Crippen molar-refractivity contribution >= 4 is 10.9 Å². The number of fused-ring (bicyclic) bond motifs is 3. The van der Waals surface area contributed by atoms with Crippen molar-refractivity contribution in [2.75, 3.05) is 19.6 Å². The number of ether oxygens (including phenoxy) is 1. The molecule has 2 aliphatic rings. The average Bonchev–Trinajstić information content (AvgIpc) is 3.17. The zero-order valence-electron chi connectivity index (χ0n) is 19.2. The number of aromatic amines is 1. The molecule has 0 radical (unpaired) electrons. The van der Waals surface area contributed by atoms with Crippen molar-refractivity contribution in [1.29, 1.82) is 0 Å². The van der Waals surface area contributed by atoms with E-state index >= 15 is 0 Å². The first-order chi connectivity index (χ1) is 15.3. The van der Waals surface area contributed by atoms with Crippen LogP contribution < -0.4 is 10.1 Å². The molecule has 0 spiro atoms. The molecule has 1 unspecified atom stereocenters. The molecule has 4 heteroatoms. The van der Waals surface area contributed by atoms with Crippen LogP contribution in [0.25, 0.3) is 10.9 Å². The van der Waals surface area contributed by atoms with Gasteiger partial charge in [0, 0.05) is 41.9 Å². The molecule has 31 heavy (non-hydrogen) atoms. The molecule has 1 saturated heterocycles. The lowest BCUT2D eigenvalue weighted by atomic mass is 9.91. The number of para-hydroxylation sites is 1. The fourth-order valence-corrected chi connectivity index (χ4v) is 4.74. The summed E-state index contributed by atoms with van der Waals surface area (Å²) in [6, 6.07) is 17.6. The van der Waals surface area contributed by atoms with Crippen LogP contribution >= 0.6 is 0 Å². The van der Waals surface area contributed by atoms with Crippen LogP contribution in [-0.4, -0.2) is 35.6 Å². The molecule has 2 N–H and O–H groups in total. The number of nitrogens with one attached hydrogen (secondary N) is 2. The topological polar surface area (TPSA) is 40.3 Å². The van der Waals surface area contributed by atoms with E-state index in [2.05, 4.69) is 83.7 Å². The molecule has 164 valence electrons. The smallest absolute Gasteiger partial charge is 0.123 e. The Morgan fingerprint density at radius 1 is 1.10 bits per heavy atom. The predicted octanol–water partition coefficient (Wildman–Crippen LogP) is 5.81. The van der Waals surface area contributed by atoms with E-state index in [-0.39, 0.29) is 6.04 Å². The van der Waals surface area contributed by atoms with Crippen molar-refractivity contribution in [1.82, 2.24) is 15.2 Å². The summed E-state index contributed by atoms with van der Waals surface area (Å²) < 4.78 is 6.03. The first-order valence-electron chi connectivity index (χ1n) is 11.8. The normalized spacial score (nSPS) is 18.8. The molecule has 3 heterocycles. The highest BCUT2D eigenvalue weighted by atomic mass is 16.5. The van der Waals surface area contributed by atoms with E-state index in [0.29, 0.717) is 6.10 Å². The van der Waals surface area contributed by atoms with E-state index in [1.54, 1.807) is 0 Å². The minimum Gasteiger partial charge on any atom is -0.488 e. The monoisotopic (exact) mass is 417 g/mol. The number of hydrogen-bond donors (Lipinski definition) is 2. The van der Waals surface area contributed by atoms with Gasteiger partial charge in [0.15, 0.2) is 0 Å². The Bertz CT molecular complexity index is 1030. The number of rotatable bonds is 5. The van der Waals surface area contributed by atoms with Gasteiger partial charge in [-0.15, -0.1) is 0 Å². The maximum atomic E-state index is 6.03. The highest BCUT2D eigenvalue weighted by Gasteiger charge is 2.32. The standard InChI is InChI=1S/C25H29N3O.C2H6/c1-3-18(4-2)28-14-13-22-21-7-5-6-8-23(21)27-24(22)25(28)17-9-11-19(12-10-17)29-20-15-26-16-20;1-2/h3,5-12,20,25-27H,4,13-16H2,1-2H3;1-2H3/b18-3+;. The van der Waals surface area contributed by atoms with Crippen molar-refractivity contribution in [3.05, 3.63) is 77.1 Å². The van der Waals surface area contributed by atoms with E-state index in [4.69, 9.17) is 4.74 Å². The molecule has 0 aliphatic carbocycles. The van der Waals surface area contributed by atoms with Gasteiger partial charge in [-0.05, 0) is 49.1 Å². The van der Waals surface area contributed by atoms with Crippen LogP contribution in [0.1, 0.15) is 57.0 Å². The first kappa shape index (κ1) is 21.5. The highest BCUT2D eigenvalue weighted by Crippen LogP contribution is 2.41. The van der Waals surface area contributed by atoms with Gasteiger partial charge >= 0.3 is 0 Å². The first-order valence-corrected chi connectivity index (χ1v) is 11.8. The molecular weight excluding hydrogens is 382 g/mol. The maximum absolute atomic E-state index is 6.03. The molecular formula is C27H35N3O. The van der Waals surface area contributed by atoms with Crippen LogP contribution in [0.15, 0.2) is 60.3 Å². The predicted molar refractivity (Wildman–Crippen MR) is 130 cm³/mol. The summed E-state index contributed by atoms with van der Waals surface area (Å²) in [6.07, 6.45) is 4.69. The Balaban J connectivity index is 0.00000112. The minimum atomic E-state index is 0.205. The summed E-state index contributed by atoms with van der Waals surface area (Å²) in [7, 11) is 0. The molecule has 0 saturated carbocycles. The third-order valence-electron chi connectivity index (χ3n) is 6.34. The van der Waals surface area contributed by atoms with E-state index < -0.39 is 0 Å². The second kappa shape index (κ2) is 9.61. The Labute approximate surface area is 186 Å². The quantitative estimate of drug-likeness (QED) is 0.551. The fraction of sp³-hybridized carbons (Fsp3) is 0.407. The third-order valence-corrected chi connectivity index (χ3v) is 6.34. The van der Waals surface area contributed by atoms with E-state index in [9.17, 15) is 0 Å². The summed E-state index contributed by atoms with van der Waals surface area (Å²) in [5, 5.41) is 4.62. The minimum absolute atomic E-state index is 0.205. The van der Waals surface area contributed by atoms with Crippen molar-refractivity contribution < 1.29 is 4.74 Å². The summed E-state index contributed by atoms with van der Waals surface area (Å²) >= 11 is 0. The van der Waals surface area contributed by atoms with Crippen LogP contribution in [0.4, 0.5) is 0 Å². The molecule has 4 nitrogen and oxygen atoms in total. The summed E-state index contributed by atoms with van der Waals surface area (Å²) in [5.74, 6) is 0.959. The number of aromatic nitrogens is 1. The van der Waals surface area contributed by atoms with E-state index in [1.165, 1.54) is 33.4 Å². The van der Waals surface area contributed by atoms with Crippen LogP contribution in [-0.2, 0) is 6.42 Å². The summed E-state index contributed by atoms with van der Waals surface area (Å²) in [4.78, 5) is 6.33. The van der Waals surface area contributed by atoms with Gasteiger partial charge < -0.3 is 19.9 Å². The zero-order chi connectivity index (χ0) is 21.8. The van der Waals surface area contributed by atoms with Crippen molar-refractivity contribution in [2.45, 2.75) is 52.7 Å². The van der Waals surface area contributed by atoms with E-state index in [1.807, 2.05) is 13.8 Å². The average molecular weight is 418 g/mol. The van der Waals surface area contributed by atoms with Crippen LogP contribution in [0, 0.1) is 0 Å². The molecule has 1 atom stereocenters. The Morgan fingerprint density at radius 2 is 1.84 bits per heavy atom. The lowest BCUT2D eigenvalue weighted by Crippen LogP contribution is -2.50. The summed E-state index contributed by atoms with van der Waals surface area (Å²) in [6.45, 7) is 11.3. The molecule has 2 aliphatic heterocycles. The number of nitrogens with zero attached hydrogens (tertiary/aromatic N) is 1. The van der Waals surface area contributed by atoms with Crippen LogP contribution in [0.2, 0.25) is 0 Å². The van der Waals surface area contributed by atoms with Crippen molar-refractivity contribution in [3.63, 3.8) is 0 Å². The molecule has 3 aromatic rings. The van der Waals surface area contributed by atoms with Crippen LogP contribution in [0.3, 0.4) is 0 Å². The summed E-state index contributed by atoms with van der Waals surface area (Å²) in [5.41, 5.74) is 6.75. The van der Waals surface area contributed by atoms with Crippen molar-refractivity contribution in [2.24, 2.45) is 0 Å². The number of benzene rings is 2. The lowest BCUT2D eigenvalue weighted by molar-refractivity contribution is 0.142. The van der Waals surface area contributed by atoms with Crippen molar-refractivity contribution in [3.8, 4) is 5.75 Å². The van der Waals surface area contributed by atoms with Crippen LogP contribution in [0.5, 0.6) is 5.75 Å². The lowest BCUT2D eigenvalue weighted by Gasteiger charge is -2.39. The zero-order valence-corrected chi connectivity index (χ0v) is 19.2. The molecule has 0 bridgehead atoms. The fourth-order valence-electron chi connectivity index (χ4n) is 4.74. The maximum Gasteiger partial charge on any atom is 0.123 e. The van der Waals surface area contributed by atoms with Gasteiger partial charge in [0.2, 0.25) is 0 Å². The van der Waals surface area contributed by atoms with E-state index in [0.717, 1.165) is 38.2 Å². The Morgan fingerprint density at radius 3 is 2.48 bits per heavy atom. The van der Waals surface area contributed by atoms with Gasteiger partial charge in [-0.2, -0.15) is 0 Å². The molecule has 2 aromatic carbocycles. The van der Waals surface area contributed by atoms with Gasteiger partial charge in [-0.25, -0.2) is 0 Å². The highest BCUT2D eigenvalue weighted by molar-refractivity contribution is 5.85. The second-order valence-electron chi connectivity index (χ2n) is 8.01. The third kappa shape index (κ3) is 4.09. The van der Waals surface area contributed by atoms with Gasteiger partial charge in [0.1, 0.15) is 11.9 Å². The number of allylic oxidation sites excluding steroid dienone is 2. The van der Waals surface area contributed by atoms with Gasteiger partial charge in [-0.1, -0.05) is 57.2 Å². The molecule has 5 rings (SSSR count). The largest absolute Gasteiger partial charge is 0.488 e. The van der Waals surface area contributed by atoms with Gasteiger partial charge in [0.25, 0.3) is 0 Å². The second-order valence-corrected chi connectivity index (χ2v) is 8.01. The molecule has 1 aromatic heterocycles. The molecule has 0 amide bonds. The SMILES string of the molecule is C/C=C(\CC)N1CCc2c([nH]c3ccccc23)C1c1ccc(OC2CNC2)cc1.CC. The Kier molecular flexibility index (Phi) is 6.67. The van der Waals surface area contributed by atoms with Gasteiger partial charge in [-0.3, -0.25) is 0 Å².